The normalized spacial score (nSPS) is 10.5. The summed E-state index contributed by atoms with van der Waals surface area (Å²) < 4.78 is 7.60. The van der Waals surface area contributed by atoms with Crippen LogP contribution in [-0.2, 0) is 6.42 Å². The molecule has 0 bridgehead atoms. The molecule has 0 saturated heterocycles. The van der Waals surface area contributed by atoms with Crippen LogP contribution in [0, 0.1) is 18.3 Å². The van der Waals surface area contributed by atoms with Gasteiger partial charge in [0.05, 0.1) is 18.2 Å². The smallest absolute Gasteiger partial charge is 0.162 e. The topological polar surface area (TPSA) is 63.2 Å². The predicted octanol–water partition coefficient (Wildman–Crippen LogP) is 2.53. The van der Waals surface area contributed by atoms with E-state index in [4.69, 9.17) is 10.00 Å². The lowest BCUT2D eigenvalue weighted by atomic mass is 10.2. The number of pyridine rings is 1. The van der Waals surface area contributed by atoms with Crippen LogP contribution in [0.1, 0.15) is 17.0 Å². The van der Waals surface area contributed by atoms with E-state index in [0.717, 1.165) is 11.6 Å². The van der Waals surface area contributed by atoms with Crippen LogP contribution in [0.4, 0.5) is 0 Å². The Morgan fingerprint density at radius 2 is 2.14 bits per heavy atom. The highest BCUT2D eigenvalue weighted by atomic mass is 16.5. The maximum absolute atomic E-state index is 8.87. The number of ether oxygens (including phenoxy) is 1. The number of nitriles is 1. The number of rotatable bonds is 4. The molecular weight excluding hydrogens is 264 g/mol. The van der Waals surface area contributed by atoms with Crippen LogP contribution >= 0.6 is 0 Å². The second-order valence-corrected chi connectivity index (χ2v) is 4.79. The van der Waals surface area contributed by atoms with Crippen molar-refractivity contribution in [2.45, 2.75) is 13.3 Å². The van der Waals surface area contributed by atoms with E-state index >= 15 is 0 Å². The van der Waals surface area contributed by atoms with Gasteiger partial charge in [0.25, 0.3) is 0 Å². The summed E-state index contributed by atoms with van der Waals surface area (Å²) in [5, 5.41) is 17.1. The van der Waals surface area contributed by atoms with Crippen molar-refractivity contribution in [3.8, 4) is 11.8 Å². The van der Waals surface area contributed by atoms with Crippen LogP contribution in [-0.4, -0.2) is 21.2 Å². The van der Waals surface area contributed by atoms with Gasteiger partial charge in [-0.15, -0.1) is 10.2 Å². The van der Waals surface area contributed by atoms with Crippen molar-refractivity contribution in [3.05, 3.63) is 59.5 Å². The lowest BCUT2D eigenvalue weighted by Crippen LogP contribution is -2.05. The summed E-state index contributed by atoms with van der Waals surface area (Å²) in [6, 6.07) is 13.5. The van der Waals surface area contributed by atoms with Gasteiger partial charge in [0.1, 0.15) is 11.6 Å². The molecule has 0 N–H and O–H groups in total. The quantitative estimate of drug-likeness (QED) is 0.735. The number of benzene rings is 1. The SMILES string of the molecule is Cc1cccc(OCCc2nnc3cc(C#N)ccn23)c1. The Labute approximate surface area is 122 Å². The molecule has 0 amide bonds. The molecular formula is C16H14N4O. The maximum Gasteiger partial charge on any atom is 0.162 e. The minimum Gasteiger partial charge on any atom is -0.493 e. The van der Waals surface area contributed by atoms with Crippen molar-refractivity contribution in [1.82, 2.24) is 14.6 Å². The second kappa shape index (κ2) is 5.63. The van der Waals surface area contributed by atoms with E-state index in [9.17, 15) is 0 Å². The molecule has 3 aromatic rings. The van der Waals surface area contributed by atoms with Crippen LogP contribution in [0.15, 0.2) is 42.6 Å². The minimum absolute atomic E-state index is 0.532. The van der Waals surface area contributed by atoms with Gasteiger partial charge in [-0.3, -0.25) is 4.40 Å². The van der Waals surface area contributed by atoms with Crippen LogP contribution in [0.3, 0.4) is 0 Å². The van der Waals surface area contributed by atoms with E-state index in [2.05, 4.69) is 16.3 Å². The number of hydrogen-bond donors (Lipinski definition) is 0. The molecule has 1 aromatic carbocycles. The molecule has 0 aliphatic heterocycles. The first-order chi connectivity index (χ1) is 10.3. The molecule has 2 aromatic heterocycles. The predicted molar refractivity (Wildman–Crippen MR) is 78.1 cm³/mol. The van der Waals surface area contributed by atoms with E-state index < -0.39 is 0 Å². The summed E-state index contributed by atoms with van der Waals surface area (Å²) in [6.07, 6.45) is 2.47. The number of hydrogen-bond acceptors (Lipinski definition) is 4. The number of aryl methyl sites for hydroxylation is 1. The third-order valence-corrected chi connectivity index (χ3v) is 3.19. The summed E-state index contributed by atoms with van der Waals surface area (Å²) in [5.41, 5.74) is 2.43. The molecule has 2 heterocycles. The Balaban J connectivity index is 1.70. The van der Waals surface area contributed by atoms with Crippen LogP contribution < -0.4 is 4.74 Å². The first kappa shape index (κ1) is 13.1. The van der Waals surface area contributed by atoms with Crippen LogP contribution in [0.5, 0.6) is 5.75 Å². The summed E-state index contributed by atoms with van der Waals surface area (Å²) in [7, 11) is 0. The van der Waals surface area contributed by atoms with Crippen LogP contribution in [0.25, 0.3) is 5.65 Å². The zero-order chi connectivity index (χ0) is 14.7. The second-order valence-electron chi connectivity index (χ2n) is 4.79. The van der Waals surface area contributed by atoms with E-state index in [1.54, 1.807) is 12.1 Å². The van der Waals surface area contributed by atoms with Crippen molar-refractivity contribution in [1.29, 1.82) is 5.26 Å². The number of fused-ring (bicyclic) bond motifs is 1. The monoisotopic (exact) mass is 278 g/mol. The highest BCUT2D eigenvalue weighted by Gasteiger charge is 2.06. The van der Waals surface area contributed by atoms with Crippen molar-refractivity contribution >= 4 is 5.65 Å². The zero-order valence-corrected chi connectivity index (χ0v) is 11.7. The molecule has 5 heteroatoms. The van der Waals surface area contributed by atoms with E-state index in [-0.39, 0.29) is 0 Å². The average molecular weight is 278 g/mol. The summed E-state index contributed by atoms with van der Waals surface area (Å²) in [5.74, 6) is 1.68. The van der Waals surface area contributed by atoms with Gasteiger partial charge in [-0.1, -0.05) is 12.1 Å². The minimum atomic E-state index is 0.532. The largest absolute Gasteiger partial charge is 0.493 e. The molecule has 0 unspecified atom stereocenters. The van der Waals surface area contributed by atoms with Gasteiger partial charge < -0.3 is 4.74 Å². The third-order valence-electron chi connectivity index (χ3n) is 3.19. The van der Waals surface area contributed by atoms with Crippen molar-refractivity contribution in [2.75, 3.05) is 6.61 Å². The molecule has 0 atom stereocenters. The molecule has 0 spiro atoms. The fourth-order valence-corrected chi connectivity index (χ4v) is 2.15. The van der Waals surface area contributed by atoms with Gasteiger partial charge in [0, 0.05) is 18.7 Å². The van der Waals surface area contributed by atoms with Gasteiger partial charge in [-0.05, 0) is 30.7 Å². The average Bonchev–Trinajstić information content (AvgIpc) is 2.90. The highest BCUT2D eigenvalue weighted by Crippen LogP contribution is 2.13. The van der Waals surface area contributed by atoms with Gasteiger partial charge >= 0.3 is 0 Å². The summed E-state index contributed by atoms with van der Waals surface area (Å²) >= 11 is 0. The Kier molecular flexibility index (Phi) is 3.52. The first-order valence-electron chi connectivity index (χ1n) is 6.69. The first-order valence-corrected chi connectivity index (χ1v) is 6.69. The number of aromatic nitrogens is 3. The summed E-state index contributed by atoms with van der Waals surface area (Å²) in [4.78, 5) is 0. The molecule has 3 rings (SSSR count). The third kappa shape index (κ3) is 2.84. The number of nitrogens with zero attached hydrogens (tertiary/aromatic N) is 4. The van der Waals surface area contributed by atoms with E-state index in [1.807, 2.05) is 41.8 Å². The lowest BCUT2D eigenvalue weighted by molar-refractivity contribution is 0.318. The van der Waals surface area contributed by atoms with Gasteiger partial charge in [-0.25, -0.2) is 0 Å². The molecule has 0 saturated carbocycles. The molecule has 0 fully saturated rings. The van der Waals surface area contributed by atoms with E-state index in [1.165, 1.54) is 5.56 Å². The van der Waals surface area contributed by atoms with Gasteiger partial charge in [0.15, 0.2) is 5.65 Å². The van der Waals surface area contributed by atoms with Gasteiger partial charge in [0.2, 0.25) is 0 Å². The van der Waals surface area contributed by atoms with Crippen molar-refractivity contribution in [3.63, 3.8) is 0 Å². The molecule has 104 valence electrons. The summed E-state index contributed by atoms with van der Waals surface area (Å²) in [6.45, 7) is 2.57. The molecule has 5 nitrogen and oxygen atoms in total. The van der Waals surface area contributed by atoms with Crippen molar-refractivity contribution in [2.24, 2.45) is 0 Å². The standard InChI is InChI=1S/C16H14N4O/c1-12-3-2-4-14(9-12)21-8-6-15-18-19-16-10-13(11-17)5-7-20(15)16/h2-5,7,9-10H,6,8H2,1H3. The lowest BCUT2D eigenvalue weighted by Gasteiger charge is -2.06. The molecule has 0 aliphatic rings. The fourth-order valence-electron chi connectivity index (χ4n) is 2.15. The highest BCUT2D eigenvalue weighted by molar-refractivity contribution is 5.45. The molecule has 0 aliphatic carbocycles. The Morgan fingerprint density at radius 1 is 1.24 bits per heavy atom. The van der Waals surface area contributed by atoms with Crippen molar-refractivity contribution < 1.29 is 4.74 Å². The van der Waals surface area contributed by atoms with Crippen LogP contribution in [0.2, 0.25) is 0 Å². The van der Waals surface area contributed by atoms with E-state index in [0.29, 0.717) is 24.2 Å². The maximum atomic E-state index is 8.87. The Hall–Kier alpha value is -2.87. The Bertz CT molecular complexity index is 817. The van der Waals surface area contributed by atoms with Gasteiger partial charge in [-0.2, -0.15) is 5.26 Å². The molecule has 0 radical (unpaired) electrons. The fraction of sp³-hybridized carbons (Fsp3) is 0.188. The Morgan fingerprint density at radius 3 is 2.95 bits per heavy atom. The zero-order valence-electron chi connectivity index (χ0n) is 11.7. The molecule has 21 heavy (non-hydrogen) atoms.